The maximum atomic E-state index is 12.9. The van der Waals surface area contributed by atoms with Crippen LogP contribution in [0, 0.1) is 0 Å². The lowest BCUT2D eigenvalue weighted by molar-refractivity contribution is -0.152. The second-order valence-electron chi connectivity index (χ2n) is 8.10. The van der Waals surface area contributed by atoms with Crippen LogP contribution < -0.4 is 0 Å². The van der Waals surface area contributed by atoms with Gasteiger partial charge in [0, 0.05) is 37.5 Å². The van der Waals surface area contributed by atoms with Crippen molar-refractivity contribution >= 4 is 11.8 Å². The maximum absolute atomic E-state index is 12.9. The van der Waals surface area contributed by atoms with E-state index in [0.717, 1.165) is 18.5 Å². The third kappa shape index (κ3) is 3.89. The third-order valence-corrected chi connectivity index (χ3v) is 6.01. The van der Waals surface area contributed by atoms with Gasteiger partial charge in [-0.15, -0.1) is 0 Å². The summed E-state index contributed by atoms with van der Waals surface area (Å²) < 4.78 is 5.30. The van der Waals surface area contributed by atoms with Crippen LogP contribution in [0.2, 0.25) is 0 Å². The predicted molar refractivity (Wildman–Crippen MR) is 107 cm³/mol. The summed E-state index contributed by atoms with van der Waals surface area (Å²) in [5, 5.41) is 4.00. The van der Waals surface area contributed by atoms with Crippen molar-refractivity contribution in [2.45, 2.75) is 44.3 Å². The molecule has 0 saturated carbocycles. The predicted octanol–water partition coefficient (Wildman–Crippen LogP) is 1.43. The number of benzene rings is 1. The number of aromatic nitrogens is 2. The van der Waals surface area contributed by atoms with Crippen molar-refractivity contribution in [3.8, 4) is 11.4 Å². The summed E-state index contributed by atoms with van der Waals surface area (Å²) in [6, 6.07) is 9.60. The van der Waals surface area contributed by atoms with Gasteiger partial charge in [0.2, 0.25) is 23.5 Å². The normalized spacial score (nSPS) is 24.3. The first-order valence-electron chi connectivity index (χ1n) is 10.1. The minimum Gasteiger partial charge on any atom is -0.339 e. The van der Waals surface area contributed by atoms with Gasteiger partial charge in [-0.3, -0.25) is 9.59 Å². The molecule has 2 fully saturated rings. The van der Waals surface area contributed by atoms with E-state index >= 15 is 0 Å². The molecule has 1 aromatic heterocycles. The van der Waals surface area contributed by atoms with E-state index in [1.807, 2.05) is 56.3 Å². The standard InChI is InChI=1S/C21H27N5O3/c1-14-21(28)26-12-16(24(2)3)11-17(26)13-25(14)19(27)10-9-18-22-20(23-29-18)15-7-5-4-6-8-15/h4-8,14,16-17H,9-13H2,1-3H3/t14-,16-,17-/m0/s1. The number of fused-ring (bicyclic) bond motifs is 1. The average molecular weight is 397 g/mol. The smallest absolute Gasteiger partial charge is 0.245 e. The van der Waals surface area contributed by atoms with Crippen molar-refractivity contribution < 1.29 is 14.1 Å². The summed E-state index contributed by atoms with van der Waals surface area (Å²) in [6.45, 7) is 3.15. The zero-order chi connectivity index (χ0) is 20.5. The number of amides is 2. The number of likely N-dealkylation sites (N-methyl/N-ethyl adjacent to an activating group) is 1. The van der Waals surface area contributed by atoms with E-state index in [4.69, 9.17) is 4.52 Å². The second kappa shape index (κ2) is 7.94. The third-order valence-electron chi connectivity index (χ3n) is 6.01. The van der Waals surface area contributed by atoms with Crippen LogP contribution in [0.4, 0.5) is 0 Å². The monoisotopic (exact) mass is 397 g/mol. The highest BCUT2D eigenvalue weighted by atomic mass is 16.5. The molecule has 8 heteroatoms. The fourth-order valence-corrected chi connectivity index (χ4v) is 4.20. The van der Waals surface area contributed by atoms with Gasteiger partial charge in [0.05, 0.1) is 6.04 Å². The summed E-state index contributed by atoms with van der Waals surface area (Å²) in [5.74, 6) is 0.954. The number of piperazine rings is 1. The molecule has 3 heterocycles. The minimum atomic E-state index is -0.428. The van der Waals surface area contributed by atoms with Crippen LogP contribution >= 0.6 is 0 Å². The molecule has 4 rings (SSSR count). The summed E-state index contributed by atoms with van der Waals surface area (Å²) in [5.41, 5.74) is 0.876. The summed E-state index contributed by atoms with van der Waals surface area (Å²) in [4.78, 5) is 35.9. The van der Waals surface area contributed by atoms with Gasteiger partial charge in [0.15, 0.2) is 0 Å². The van der Waals surface area contributed by atoms with Gasteiger partial charge in [-0.1, -0.05) is 35.5 Å². The summed E-state index contributed by atoms with van der Waals surface area (Å²) in [6.07, 6.45) is 1.52. The van der Waals surface area contributed by atoms with Gasteiger partial charge in [0.1, 0.15) is 6.04 Å². The number of carbonyl (C=O) groups excluding carboxylic acids is 2. The van der Waals surface area contributed by atoms with E-state index in [0.29, 0.717) is 30.7 Å². The molecule has 0 spiro atoms. The summed E-state index contributed by atoms with van der Waals surface area (Å²) in [7, 11) is 4.07. The van der Waals surface area contributed by atoms with Crippen LogP contribution in [-0.2, 0) is 16.0 Å². The Morgan fingerprint density at radius 1 is 1.24 bits per heavy atom. The Kier molecular flexibility index (Phi) is 5.36. The fourth-order valence-electron chi connectivity index (χ4n) is 4.20. The Hall–Kier alpha value is -2.74. The highest BCUT2D eigenvalue weighted by molar-refractivity contribution is 5.89. The lowest BCUT2D eigenvalue weighted by Crippen LogP contribution is -2.60. The van der Waals surface area contributed by atoms with E-state index in [9.17, 15) is 9.59 Å². The quantitative estimate of drug-likeness (QED) is 0.759. The fraction of sp³-hybridized carbons (Fsp3) is 0.524. The molecule has 1 aromatic carbocycles. The molecule has 8 nitrogen and oxygen atoms in total. The number of aryl methyl sites for hydroxylation is 1. The van der Waals surface area contributed by atoms with Crippen LogP contribution in [0.15, 0.2) is 34.9 Å². The molecule has 2 aliphatic rings. The van der Waals surface area contributed by atoms with Crippen LogP contribution in [0.25, 0.3) is 11.4 Å². The van der Waals surface area contributed by atoms with E-state index in [1.54, 1.807) is 4.90 Å². The van der Waals surface area contributed by atoms with Gasteiger partial charge in [-0.25, -0.2) is 0 Å². The Morgan fingerprint density at radius 2 is 2.00 bits per heavy atom. The van der Waals surface area contributed by atoms with Crippen molar-refractivity contribution in [3.63, 3.8) is 0 Å². The molecular weight excluding hydrogens is 370 g/mol. The molecule has 0 radical (unpaired) electrons. The van der Waals surface area contributed by atoms with Crippen LogP contribution in [-0.4, -0.2) is 82.0 Å². The Morgan fingerprint density at radius 3 is 2.72 bits per heavy atom. The van der Waals surface area contributed by atoms with E-state index in [2.05, 4.69) is 15.0 Å². The van der Waals surface area contributed by atoms with Crippen molar-refractivity contribution in [1.29, 1.82) is 0 Å². The molecule has 2 aliphatic heterocycles. The molecular formula is C21H27N5O3. The molecule has 0 bridgehead atoms. The number of hydrogen-bond donors (Lipinski definition) is 0. The van der Waals surface area contributed by atoms with Gasteiger partial charge in [0.25, 0.3) is 0 Å². The van der Waals surface area contributed by atoms with Crippen molar-refractivity contribution in [1.82, 2.24) is 24.8 Å². The van der Waals surface area contributed by atoms with Crippen molar-refractivity contribution in [2.24, 2.45) is 0 Å². The van der Waals surface area contributed by atoms with Crippen LogP contribution in [0.3, 0.4) is 0 Å². The van der Waals surface area contributed by atoms with E-state index < -0.39 is 6.04 Å². The van der Waals surface area contributed by atoms with Crippen LogP contribution in [0.5, 0.6) is 0 Å². The highest BCUT2D eigenvalue weighted by Crippen LogP contribution is 2.28. The second-order valence-corrected chi connectivity index (χ2v) is 8.10. The molecule has 0 unspecified atom stereocenters. The van der Waals surface area contributed by atoms with Crippen molar-refractivity contribution in [2.75, 3.05) is 27.2 Å². The molecule has 2 aromatic rings. The zero-order valence-electron chi connectivity index (χ0n) is 17.1. The Bertz CT molecular complexity index is 881. The molecule has 29 heavy (non-hydrogen) atoms. The lowest BCUT2D eigenvalue weighted by atomic mass is 10.1. The molecule has 0 aliphatic carbocycles. The molecule has 3 atom stereocenters. The largest absolute Gasteiger partial charge is 0.339 e. The molecule has 154 valence electrons. The first-order chi connectivity index (χ1) is 13.9. The molecule has 2 saturated heterocycles. The van der Waals surface area contributed by atoms with Crippen LogP contribution in [0.1, 0.15) is 25.7 Å². The van der Waals surface area contributed by atoms with Gasteiger partial charge >= 0.3 is 0 Å². The Balaban J connectivity index is 1.38. The zero-order valence-corrected chi connectivity index (χ0v) is 17.1. The number of nitrogens with zero attached hydrogens (tertiary/aromatic N) is 5. The topological polar surface area (TPSA) is 82.8 Å². The van der Waals surface area contributed by atoms with Gasteiger partial charge < -0.3 is 19.2 Å². The average Bonchev–Trinajstić information content (AvgIpc) is 3.37. The first kappa shape index (κ1) is 19.6. The van der Waals surface area contributed by atoms with E-state index in [-0.39, 0.29) is 24.3 Å². The Labute approximate surface area is 170 Å². The number of hydrogen-bond acceptors (Lipinski definition) is 6. The SMILES string of the molecule is C[C@H]1C(=O)N2C[C@@H](N(C)C)C[C@H]2CN1C(=O)CCc1nc(-c2ccccc2)no1. The molecule has 2 amide bonds. The minimum absolute atomic E-state index is 0.0433. The van der Waals surface area contributed by atoms with Crippen molar-refractivity contribution in [3.05, 3.63) is 36.2 Å². The lowest BCUT2D eigenvalue weighted by Gasteiger charge is -2.41. The highest BCUT2D eigenvalue weighted by Gasteiger charge is 2.45. The first-order valence-corrected chi connectivity index (χ1v) is 10.1. The van der Waals surface area contributed by atoms with Gasteiger partial charge in [-0.2, -0.15) is 4.98 Å². The van der Waals surface area contributed by atoms with Gasteiger partial charge in [-0.05, 0) is 27.4 Å². The number of carbonyl (C=O) groups is 2. The molecule has 0 N–H and O–H groups in total. The maximum Gasteiger partial charge on any atom is 0.245 e. The summed E-state index contributed by atoms with van der Waals surface area (Å²) >= 11 is 0. The van der Waals surface area contributed by atoms with E-state index in [1.165, 1.54) is 0 Å². The number of rotatable bonds is 5.